The Hall–Kier alpha value is -0.580. The Morgan fingerprint density at radius 3 is 2.57 bits per heavy atom. The first-order chi connectivity index (χ1) is 6.76. The first kappa shape index (κ1) is 11.5. The lowest BCUT2D eigenvalue weighted by Crippen LogP contribution is -2.03. The van der Waals surface area contributed by atoms with Crippen LogP contribution in [0, 0.1) is 0 Å². The first-order valence-corrected chi connectivity index (χ1v) is 5.94. The molecule has 0 heterocycles. The van der Waals surface area contributed by atoms with Gasteiger partial charge in [0.05, 0.1) is 0 Å². The predicted molar refractivity (Wildman–Crippen MR) is 67.0 cm³/mol. The Morgan fingerprint density at radius 1 is 1.43 bits per heavy atom. The maximum atomic E-state index is 8.73. The van der Waals surface area contributed by atoms with Gasteiger partial charge in [0, 0.05) is 12.3 Å². The highest BCUT2D eigenvalue weighted by atomic mass is 32.2. The topological polar surface area (TPSA) is 32.3 Å². The summed E-state index contributed by atoms with van der Waals surface area (Å²) in [6.45, 7) is 0.190. The van der Waals surface area contributed by atoms with Gasteiger partial charge in [-0.2, -0.15) is 0 Å². The molecule has 14 heavy (non-hydrogen) atoms. The molecule has 2 nitrogen and oxygen atoms in total. The van der Waals surface area contributed by atoms with Crippen molar-refractivity contribution in [1.82, 2.24) is 0 Å². The van der Waals surface area contributed by atoms with Crippen molar-refractivity contribution >= 4 is 34.0 Å². The number of thioether (sulfide) groups is 1. The molecule has 0 bridgehead atoms. The number of nitrogens with one attached hydrogen (secondary N) is 1. The van der Waals surface area contributed by atoms with E-state index >= 15 is 0 Å². The molecule has 0 saturated heterocycles. The third-order valence-electron chi connectivity index (χ3n) is 1.79. The number of aliphatic hydroxyl groups excluding tert-OH is 1. The van der Waals surface area contributed by atoms with Crippen LogP contribution < -0.4 is 5.32 Å². The highest BCUT2D eigenvalue weighted by Gasteiger charge is 1.96. The van der Waals surface area contributed by atoms with Crippen LogP contribution in [-0.4, -0.2) is 22.3 Å². The zero-order valence-electron chi connectivity index (χ0n) is 7.99. The summed E-state index contributed by atoms with van der Waals surface area (Å²) in [6, 6.07) is 7.91. The number of hydrogen-bond acceptors (Lipinski definition) is 3. The SMILES string of the molecule is CSC(=S)Nc1ccc(CCO)cc1. The van der Waals surface area contributed by atoms with E-state index in [4.69, 9.17) is 17.3 Å². The van der Waals surface area contributed by atoms with E-state index in [0.717, 1.165) is 15.6 Å². The smallest absolute Gasteiger partial charge is 0.137 e. The quantitative estimate of drug-likeness (QED) is 0.776. The summed E-state index contributed by atoms with van der Waals surface area (Å²) in [5.74, 6) is 0. The third kappa shape index (κ3) is 3.65. The molecule has 0 aromatic heterocycles. The zero-order chi connectivity index (χ0) is 10.4. The van der Waals surface area contributed by atoms with Crippen molar-refractivity contribution in [3.8, 4) is 0 Å². The lowest BCUT2D eigenvalue weighted by atomic mass is 10.1. The molecule has 76 valence electrons. The molecule has 1 aromatic carbocycles. The second-order valence-electron chi connectivity index (χ2n) is 2.79. The molecular formula is C10H13NOS2. The summed E-state index contributed by atoms with van der Waals surface area (Å²) in [5, 5.41) is 11.8. The summed E-state index contributed by atoms with van der Waals surface area (Å²) >= 11 is 6.55. The molecule has 4 heteroatoms. The van der Waals surface area contributed by atoms with Gasteiger partial charge in [-0.15, -0.1) is 11.8 Å². The minimum Gasteiger partial charge on any atom is -0.396 e. The van der Waals surface area contributed by atoms with Crippen LogP contribution in [0.5, 0.6) is 0 Å². The van der Waals surface area contributed by atoms with Crippen molar-refractivity contribution < 1.29 is 5.11 Å². The molecule has 0 amide bonds. The fraction of sp³-hybridized carbons (Fsp3) is 0.300. The molecule has 1 rings (SSSR count). The molecule has 0 radical (unpaired) electrons. The Morgan fingerprint density at radius 2 is 2.07 bits per heavy atom. The van der Waals surface area contributed by atoms with E-state index in [-0.39, 0.29) is 6.61 Å². The lowest BCUT2D eigenvalue weighted by molar-refractivity contribution is 0.299. The Kier molecular flexibility index (Phi) is 4.93. The highest BCUT2D eigenvalue weighted by molar-refractivity contribution is 8.22. The number of aliphatic hydroxyl groups is 1. The van der Waals surface area contributed by atoms with Crippen LogP contribution in [0.15, 0.2) is 24.3 Å². The summed E-state index contributed by atoms with van der Waals surface area (Å²) < 4.78 is 0.764. The van der Waals surface area contributed by atoms with E-state index in [0.29, 0.717) is 6.42 Å². The third-order valence-corrected chi connectivity index (χ3v) is 2.86. The maximum Gasteiger partial charge on any atom is 0.137 e. The van der Waals surface area contributed by atoms with Crippen LogP contribution >= 0.6 is 24.0 Å². The van der Waals surface area contributed by atoms with Crippen molar-refractivity contribution in [2.45, 2.75) is 6.42 Å². The van der Waals surface area contributed by atoms with Crippen molar-refractivity contribution in [2.75, 3.05) is 18.2 Å². The van der Waals surface area contributed by atoms with Gasteiger partial charge in [0.1, 0.15) is 4.32 Å². The summed E-state index contributed by atoms with van der Waals surface area (Å²) in [7, 11) is 0. The van der Waals surface area contributed by atoms with E-state index in [1.807, 2.05) is 30.5 Å². The van der Waals surface area contributed by atoms with E-state index in [2.05, 4.69) is 5.32 Å². The lowest BCUT2D eigenvalue weighted by Gasteiger charge is -2.05. The first-order valence-electron chi connectivity index (χ1n) is 4.31. The largest absolute Gasteiger partial charge is 0.396 e. The Bertz CT molecular complexity index is 297. The average Bonchev–Trinajstić information content (AvgIpc) is 2.21. The average molecular weight is 227 g/mol. The Labute approximate surface area is 93.7 Å². The molecule has 0 aliphatic rings. The number of benzene rings is 1. The van der Waals surface area contributed by atoms with Crippen molar-refractivity contribution in [1.29, 1.82) is 0 Å². The molecular weight excluding hydrogens is 214 g/mol. The van der Waals surface area contributed by atoms with Gasteiger partial charge in [-0.1, -0.05) is 24.4 Å². The van der Waals surface area contributed by atoms with Crippen LogP contribution in [0.2, 0.25) is 0 Å². The second-order valence-corrected chi connectivity index (χ2v) is 4.27. The second kappa shape index (κ2) is 6.01. The number of rotatable bonds is 3. The predicted octanol–water partition coefficient (Wildman–Crippen LogP) is 2.28. The van der Waals surface area contributed by atoms with Crippen molar-refractivity contribution in [3.63, 3.8) is 0 Å². The molecule has 1 aromatic rings. The van der Waals surface area contributed by atoms with E-state index in [1.165, 1.54) is 11.8 Å². The van der Waals surface area contributed by atoms with E-state index in [1.54, 1.807) is 0 Å². The summed E-state index contributed by atoms with van der Waals surface area (Å²) in [5.41, 5.74) is 2.12. The van der Waals surface area contributed by atoms with Gasteiger partial charge in [-0.05, 0) is 30.4 Å². The van der Waals surface area contributed by atoms with Gasteiger partial charge in [0.25, 0.3) is 0 Å². The fourth-order valence-corrected chi connectivity index (χ4v) is 1.39. The van der Waals surface area contributed by atoms with Gasteiger partial charge in [-0.25, -0.2) is 0 Å². The van der Waals surface area contributed by atoms with Crippen molar-refractivity contribution in [2.24, 2.45) is 0 Å². The highest BCUT2D eigenvalue weighted by Crippen LogP contribution is 2.12. The van der Waals surface area contributed by atoms with Crippen LogP contribution in [0.4, 0.5) is 5.69 Å². The summed E-state index contributed by atoms with van der Waals surface area (Å²) in [4.78, 5) is 0. The molecule has 0 atom stereocenters. The standard InChI is InChI=1S/C10H13NOS2/c1-14-10(13)11-9-4-2-8(3-5-9)6-7-12/h2-5,12H,6-7H2,1H3,(H,11,13). The number of anilines is 1. The molecule has 0 saturated carbocycles. The molecule has 2 N–H and O–H groups in total. The fourth-order valence-electron chi connectivity index (χ4n) is 1.05. The normalized spacial score (nSPS) is 9.86. The minimum absolute atomic E-state index is 0.190. The minimum atomic E-state index is 0.190. The van der Waals surface area contributed by atoms with E-state index in [9.17, 15) is 0 Å². The maximum absolute atomic E-state index is 8.73. The summed E-state index contributed by atoms with van der Waals surface area (Å²) in [6.07, 6.45) is 2.64. The molecule has 0 fully saturated rings. The zero-order valence-corrected chi connectivity index (χ0v) is 9.62. The monoisotopic (exact) mass is 227 g/mol. The van der Waals surface area contributed by atoms with Crippen molar-refractivity contribution in [3.05, 3.63) is 29.8 Å². The van der Waals surface area contributed by atoms with Crippen LogP contribution in [0.25, 0.3) is 0 Å². The number of thiocarbonyl (C=S) groups is 1. The van der Waals surface area contributed by atoms with Gasteiger partial charge in [0.15, 0.2) is 0 Å². The molecule has 0 aliphatic heterocycles. The van der Waals surface area contributed by atoms with Gasteiger partial charge in [0.2, 0.25) is 0 Å². The number of hydrogen-bond donors (Lipinski definition) is 2. The molecule has 0 aliphatic carbocycles. The van der Waals surface area contributed by atoms with Gasteiger partial charge in [-0.3, -0.25) is 0 Å². The van der Waals surface area contributed by atoms with Gasteiger partial charge < -0.3 is 10.4 Å². The van der Waals surface area contributed by atoms with Gasteiger partial charge >= 0.3 is 0 Å². The van der Waals surface area contributed by atoms with Crippen LogP contribution in [0.3, 0.4) is 0 Å². The van der Waals surface area contributed by atoms with E-state index < -0.39 is 0 Å². The Balaban J connectivity index is 2.59. The van der Waals surface area contributed by atoms with Crippen LogP contribution in [-0.2, 0) is 6.42 Å². The molecule has 0 spiro atoms. The molecule has 0 unspecified atom stereocenters. The van der Waals surface area contributed by atoms with Crippen LogP contribution in [0.1, 0.15) is 5.56 Å².